The van der Waals surface area contributed by atoms with Gasteiger partial charge in [0.1, 0.15) is 16.4 Å². The van der Waals surface area contributed by atoms with Gasteiger partial charge in [0.15, 0.2) is 5.82 Å². The predicted molar refractivity (Wildman–Crippen MR) is 175 cm³/mol. The Morgan fingerprint density at radius 1 is 1.17 bits per heavy atom. The summed E-state index contributed by atoms with van der Waals surface area (Å²) >= 11 is 7.79. The minimum Gasteiger partial charge on any atom is -0.465 e. The molecule has 2 saturated carbocycles. The molecule has 242 valence electrons. The van der Waals surface area contributed by atoms with Crippen LogP contribution in [-0.2, 0) is 11.2 Å². The first-order valence-corrected chi connectivity index (χ1v) is 17.7. The molecule has 5 aliphatic rings. The van der Waals surface area contributed by atoms with Crippen LogP contribution in [0.1, 0.15) is 61.9 Å². The van der Waals surface area contributed by atoms with Crippen LogP contribution in [0.2, 0.25) is 5.02 Å². The van der Waals surface area contributed by atoms with Crippen molar-refractivity contribution in [2.45, 2.75) is 68.1 Å². The molecule has 5 fully saturated rings. The van der Waals surface area contributed by atoms with Crippen molar-refractivity contribution in [1.29, 1.82) is 5.26 Å². The van der Waals surface area contributed by atoms with Crippen molar-refractivity contribution in [3.8, 4) is 17.2 Å². The second-order valence-corrected chi connectivity index (χ2v) is 14.3. The Morgan fingerprint density at radius 3 is 2.68 bits per heavy atom. The SMILES string of the molecule is CSc1nc2c(F)c(-c3cccc(F)c3Cl)c(CCC#N)cc2c2c1cc([C@H]1CCCN1C(=O)C1CC1)n2C1C2CC1N(C(=O)O)C2. The predicted octanol–water partition coefficient (Wildman–Crippen LogP) is 7.96. The van der Waals surface area contributed by atoms with Gasteiger partial charge in [-0.2, -0.15) is 5.26 Å². The van der Waals surface area contributed by atoms with Crippen LogP contribution in [0, 0.1) is 34.8 Å². The number of aryl methyl sites for hydroxylation is 1. The van der Waals surface area contributed by atoms with Crippen molar-refractivity contribution < 1.29 is 23.5 Å². The fourth-order valence-corrected chi connectivity index (χ4v) is 9.11. The minimum absolute atomic E-state index is 0.0601. The van der Waals surface area contributed by atoms with E-state index < -0.39 is 17.7 Å². The molecule has 2 amide bonds. The summed E-state index contributed by atoms with van der Waals surface area (Å²) in [6.45, 7) is 1.08. The van der Waals surface area contributed by atoms with Crippen LogP contribution < -0.4 is 0 Å². The Morgan fingerprint density at radius 2 is 1.98 bits per heavy atom. The molecule has 5 heterocycles. The molecule has 4 atom stereocenters. The lowest BCUT2D eigenvalue weighted by Crippen LogP contribution is -2.43. The van der Waals surface area contributed by atoms with Crippen LogP contribution in [0.25, 0.3) is 32.9 Å². The zero-order chi connectivity index (χ0) is 32.7. The topological polar surface area (TPSA) is 102 Å². The van der Waals surface area contributed by atoms with Gasteiger partial charge >= 0.3 is 6.09 Å². The molecule has 1 N–H and O–H groups in total. The minimum atomic E-state index is -0.956. The highest BCUT2D eigenvalue weighted by Gasteiger charge is 2.56. The highest BCUT2D eigenvalue weighted by Crippen LogP contribution is 2.54. The Balaban J connectivity index is 1.43. The Kier molecular flexibility index (Phi) is 7.37. The number of carboxylic acid groups (broad SMARTS) is 1. The Bertz CT molecular complexity index is 2040. The van der Waals surface area contributed by atoms with Gasteiger partial charge in [-0.1, -0.05) is 23.7 Å². The first-order valence-electron chi connectivity index (χ1n) is 16.1. The van der Waals surface area contributed by atoms with Crippen LogP contribution in [0.15, 0.2) is 35.4 Å². The number of benzene rings is 2. The lowest BCUT2D eigenvalue weighted by molar-refractivity contribution is -0.133. The van der Waals surface area contributed by atoms with Crippen molar-refractivity contribution in [2.24, 2.45) is 11.8 Å². The molecule has 2 aliphatic carbocycles. The third kappa shape index (κ3) is 4.62. The summed E-state index contributed by atoms with van der Waals surface area (Å²) in [7, 11) is 0. The van der Waals surface area contributed by atoms with E-state index in [-0.39, 0.29) is 70.4 Å². The summed E-state index contributed by atoms with van der Waals surface area (Å²) in [6.07, 6.45) is 5.43. The van der Waals surface area contributed by atoms with Gasteiger partial charge in [-0.05, 0) is 68.5 Å². The molecule has 3 unspecified atom stereocenters. The van der Waals surface area contributed by atoms with Crippen LogP contribution in [0.5, 0.6) is 0 Å². The molecular weight excluding hydrogens is 644 g/mol. The number of hydrogen-bond acceptors (Lipinski definition) is 5. The average molecular weight is 676 g/mol. The number of amides is 2. The first kappa shape index (κ1) is 30.5. The van der Waals surface area contributed by atoms with Crippen LogP contribution >= 0.6 is 23.4 Å². The number of aromatic nitrogens is 2. The van der Waals surface area contributed by atoms with E-state index in [0.29, 0.717) is 29.1 Å². The molecule has 3 aliphatic heterocycles. The highest BCUT2D eigenvalue weighted by molar-refractivity contribution is 7.98. The highest BCUT2D eigenvalue weighted by atomic mass is 35.5. The van der Waals surface area contributed by atoms with Crippen LogP contribution in [0.3, 0.4) is 0 Å². The summed E-state index contributed by atoms with van der Waals surface area (Å²) in [4.78, 5) is 34.1. The van der Waals surface area contributed by atoms with Gasteiger partial charge in [0.25, 0.3) is 0 Å². The molecule has 12 heteroatoms. The zero-order valence-corrected chi connectivity index (χ0v) is 27.3. The van der Waals surface area contributed by atoms with Crippen molar-refractivity contribution in [3.05, 3.63) is 58.2 Å². The standard InChI is InChI=1S/C35H32ClF2N5O3S/c1-47-33-22-15-25(24-8-4-12-41(24)34(44)17-9-10-17)43(31-19-14-26(31)42(16-19)35(45)46)32(22)21-13-18(5-3-11-39)27(29(38)30(21)40-33)20-6-2-7-23(37)28(20)36/h2,6-7,13,15,17,19,24,26,31H,3-5,8-10,12,14,16H2,1H3,(H,45,46)/t19?,24-,26?,31?/m1/s1. The number of fused-ring (bicyclic) bond motifs is 4. The number of nitrogens with zero attached hydrogens (tertiary/aromatic N) is 5. The first-order chi connectivity index (χ1) is 22.7. The lowest BCUT2D eigenvalue weighted by atomic mass is 9.79. The summed E-state index contributed by atoms with van der Waals surface area (Å²) < 4.78 is 33.9. The third-order valence-electron chi connectivity index (χ3n) is 10.6. The summed E-state index contributed by atoms with van der Waals surface area (Å²) in [6, 6.07) is 9.74. The number of halogens is 3. The van der Waals surface area contributed by atoms with E-state index in [0.717, 1.165) is 48.7 Å². The third-order valence-corrected chi connectivity index (χ3v) is 11.7. The molecule has 9 rings (SSSR count). The number of thioether (sulfide) groups is 1. The van der Waals surface area contributed by atoms with E-state index in [1.807, 2.05) is 17.2 Å². The maximum absolute atomic E-state index is 17.0. The van der Waals surface area contributed by atoms with Gasteiger partial charge in [0, 0.05) is 58.9 Å². The number of pyridine rings is 1. The average Bonchev–Trinajstić information content (AvgIpc) is 3.36. The van der Waals surface area contributed by atoms with Crippen molar-refractivity contribution in [3.63, 3.8) is 0 Å². The van der Waals surface area contributed by atoms with Gasteiger partial charge in [0.05, 0.1) is 34.7 Å². The van der Waals surface area contributed by atoms with E-state index in [1.165, 1.54) is 28.8 Å². The van der Waals surface area contributed by atoms with Crippen LogP contribution in [0.4, 0.5) is 13.6 Å². The molecule has 2 aromatic heterocycles. The summed E-state index contributed by atoms with van der Waals surface area (Å²) in [5.74, 6) is -1.02. The molecule has 4 aromatic rings. The molecule has 2 aromatic carbocycles. The number of rotatable bonds is 7. The number of nitriles is 1. The summed E-state index contributed by atoms with van der Waals surface area (Å²) in [5, 5.41) is 21.3. The van der Waals surface area contributed by atoms with Gasteiger partial charge < -0.3 is 19.5 Å². The maximum Gasteiger partial charge on any atom is 0.407 e. The molecule has 0 spiro atoms. The van der Waals surface area contributed by atoms with E-state index in [4.69, 9.17) is 16.6 Å². The smallest absolute Gasteiger partial charge is 0.407 e. The van der Waals surface area contributed by atoms with E-state index in [1.54, 1.807) is 6.07 Å². The lowest BCUT2D eigenvalue weighted by Gasteiger charge is -2.40. The van der Waals surface area contributed by atoms with Gasteiger partial charge in [0.2, 0.25) is 5.91 Å². The van der Waals surface area contributed by atoms with E-state index in [2.05, 4.69) is 16.7 Å². The second-order valence-electron chi connectivity index (χ2n) is 13.2. The number of hydrogen-bond donors (Lipinski definition) is 1. The van der Waals surface area contributed by atoms with Crippen molar-refractivity contribution >= 4 is 57.2 Å². The molecule has 2 bridgehead atoms. The number of carbonyl (C=O) groups is 2. The molecular formula is C35H32ClF2N5O3S. The molecule has 3 saturated heterocycles. The Hall–Kier alpha value is -3.88. The van der Waals surface area contributed by atoms with Crippen molar-refractivity contribution in [2.75, 3.05) is 19.3 Å². The van der Waals surface area contributed by atoms with E-state index >= 15 is 4.39 Å². The monoisotopic (exact) mass is 675 g/mol. The Labute approximate surface area is 279 Å². The molecule has 47 heavy (non-hydrogen) atoms. The van der Waals surface area contributed by atoms with E-state index in [9.17, 15) is 24.3 Å². The van der Waals surface area contributed by atoms with Gasteiger partial charge in [-0.15, -0.1) is 11.8 Å². The summed E-state index contributed by atoms with van der Waals surface area (Å²) in [5.41, 5.74) is 2.60. The second kappa shape index (κ2) is 11.4. The van der Waals surface area contributed by atoms with Gasteiger partial charge in [-0.25, -0.2) is 18.6 Å². The number of likely N-dealkylation sites (tertiary alicyclic amines) is 1. The quantitative estimate of drug-likeness (QED) is 0.199. The normalized spacial score (nSPS) is 23.5. The fraction of sp³-hybridized carbons (Fsp3) is 0.429. The fourth-order valence-electron chi connectivity index (χ4n) is 8.33. The zero-order valence-electron chi connectivity index (χ0n) is 25.7. The van der Waals surface area contributed by atoms with Crippen molar-refractivity contribution in [1.82, 2.24) is 19.4 Å². The maximum atomic E-state index is 17.0. The van der Waals surface area contributed by atoms with Crippen LogP contribution in [-0.4, -0.2) is 61.8 Å². The molecule has 8 nitrogen and oxygen atoms in total. The number of carbonyl (C=O) groups excluding carboxylic acids is 1. The largest absolute Gasteiger partial charge is 0.465 e. The molecule has 0 radical (unpaired) electrons. The van der Waals surface area contributed by atoms with Gasteiger partial charge in [-0.3, -0.25) is 4.79 Å².